The van der Waals surface area contributed by atoms with Crippen molar-refractivity contribution in [3.8, 4) is 0 Å². The van der Waals surface area contributed by atoms with Crippen LogP contribution in [0, 0.1) is 5.41 Å². The summed E-state index contributed by atoms with van der Waals surface area (Å²) in [4.78, 5) is 14.4. The van der Waals surface area contributed by atoms with E-state index in [4.69, 9.17) is 5.73 Å². The molecule has 3 heteroatoms. The van der Waals surface area contributed by atoms with Crippen LogP contribution in [0.5, 0.6) is 0 Å². The fourth-order valence-electron chi connectivity index (χ4n) is 2.86. The van der Waals surface area contributed by atoms with Gasteiger partial charge in [0.2, 0.25) is 5.91 Å². The van der Waals surface area contributed by atoms with Crippen LogP contribution < -0.4 is 5.73 Å². The van der Waals surface area contributed by atoms with Crippen LogP contribution in [0.25, 0.3) is 0 Å². The van der Waals surface area contributed by atoms with Crippen molar-refractivity contribution in [1.82, 2.24) is 4.90 Å². The molecule has 0 spiro atoms. The van der Waals surface area contributed by atoms with Crippen molar-refractivity contribution in [1.29, 1.82) is 0 Å². The number of carbonyl (C=O) groups excluding carboxylic acids is 1. The molecular formula is C15H30N2O. The van der Waals surface area contributed by atoms with Crippen molar-refractivity contribution in [2.45, 2.75) is 71.8 Å². The van der Waals surface area contributed by atoms with Crippen LogP contribution in [0.15, 0.2) is 0 Å². The molecule has 3 nitrogen and oxygen atoms in total. The molecule has 2 N–H and O–H groups in total. The Bertz CT molecular complexity index is 263. The van der Waals surface area contributed by atoms with Crippen molar-refractivity contribution in [2.75, 3.05) is 13.1 Å². The molecule has 0 aromatic rings. The second kappa shape index (κ2) is 7.13. The minimum Gasteiger partial charge on any atom is -0.340 e. The molecule has 106 valence electrons. The molecule has 0 aromatic carbocycles. The lowest BCUT2D eigenvalue weighted by Gasteiger charge is -2.36. The molecule has 1 heterocycles. The summed E-state index contributed by atoms with van der Waals surface area (Å²) in [6.07, 6.45) is 7.37. The molecular weight excluding hydrogens is 224 g/mol. The third kappa shape index (κ3) is 4.60. The van der Waals surface area contributed by atoms with Crippen molar-refractivity contribution < 1.29 is 4.79 Å². The highest BCUT2D eigenvalue weighted by Gasteiger charge is 2.26. The topological polar surface area (TPSA) is 46.3 Å². The van der Waals surface area contributed by atoms with Crippen LogP contribution >= 0.6 is 0 Å². The van der Waals surface area contributed by atoms with Gasteiger partial charge in [-0.3, -0.25) is 4.79 Å². The fraction of sp³-hybridized carbons (Fsp3) is 0.933. The summed E-state index contributed by atoms with van der Waals surface area (Å²) in [7, 11) is 0. The highest BCUT2D eigenvalue weighted by Crippen LogP contribution is 2.27. The van der Waals surface area contributed by atoms with E-state index in [9.17, 15) is 4.79 Å². The Morgan fingerprint density at radius 2 is 2.06 bits per heavy atom. The van der Waals surface area contributed by atoms with Gasteiger partial charge in [0.1, 0.15) is 0 Å². The standard InChI is InChI=1S/C15H30N2O/c1-4-13-7-5-6-12-17(13)14(18)8-9-15(2,3)10-11-16/h13H,4-12,16H2,1-3H3. The Morgan fingerprint density at radius 1 is 1.33 bits per heavy atom. The molecule has 1 saturated heterocycles. The van der Waals surface area contributed by atoms with Crippen LogP contribution in [-0.2, 0) is 4.79 Å². The Hall–Kier alpha value is -0.570. The number of likely N-dealkylation sites (tertiary alicyclic amines) is 1. The van der Waals surface area contributed by atoms with Gasteiger partial charge in [-0.05, 0) is 50.5 Å². The molecule has 1 unspecified atom stereocenters. The number of nitrogens with two attached hydrogens (primary N) is 1. The van der Waals surface area contributed by atoms with Crippen molar-refractivity contribution >= 4 is 5.91 Å². The first kappa shape index (κ1) is 15.5. The van der Waals surface area contributed by atoms with Crippen molar-refractivity contribution in [3.63, 3.8) is 0 Å². The average Bonchev–Trinajstić information content (AvgIpc) is 2.36. The quantitative estimate of drug-likeness (QED) is 0.792. The predicted octanol–water partition coefficient (Wildman–Crippen LogP) is 2.93. The van der Waals surface area contributed by atoms with E-state index in [-0.39, 0.29) is 5.41 Å². The van der Waals surface area contributed by atoms with Gasteiger partial charge in [0.25, 0.3) is 0 Å². The lowest BCUT2D eigenvalue weighted by molar-refractivity contribution is -0.135. The van der Waals surface area contributed by atoms with Gasteiger partial charge < -0.3 is 10.6 Å². The monoisotopic (exact) mass is 254 g/mol. The van der Waals surface area contributed by atoms with E-state index in [0.29, 0.717) is 24.9 Å². The normalized spacial score (nSPS) is 21.1. The van der Waals surface area contributed by atoms with Crippen molar-refractivity contribution in [3.05, 3.63) is 0 Å². The molecule has 0 saturated carbocycles. The first-order valence-electron chi connectivity index (χ1n) is 7.49. The number of nitrogens with zero attached hydrogens (tertiary/aromatic N) is 1. The van der Waals surface area contributed by atoms with E-state index in [2.05, 4.69) is 25.7 Å². The molecule has 1 rings (SSSR count). The Labute approximate surface area is 112 Å². The molecule has 1 fully saturated rings. The summed E-state index contributed by atoms with van der Waals surface area (Å²) in [5, 5.41) is 0. The van der Waals surface area contributed by atoms with Gasteiger partial charge in [-0.25, -0.2) is 0 Å². The van der Waals surface area contributed by atoms with E-state index in [1.165, 1.54) is 19.3 Å². The first-order valence-corrected chi connectivity index (χ1v) is 7.49. The zero-order chi connectivity index (χ0) is 13.6. The maximum absolute atomic E-state index is 12.3. The van der Waals surface area contributed by atoms with Gasteiger partial charge in [-0.2, -0.15) is 0 Å². The van der Waals surface area contributed by atoms with Gasteiger partial charge in [0.15, 0.2) is 0 Å². The van der Waals surface area contributed by atoms with Crippen LogP contribution in [-0.4, -0.2) is 29.9 Å². The predicted molar refractivity (Wildman–Crippen MR) is 76.3 cm³/mol. The van der Waals surface area contributed by atoms with E-state index in [1.807, 2.05) is 0 Å². The smallest absolute Gasteiger partial charge is 0.222 e. The second-order valence-corrected chi connectivity index (χ2v) is 6.35. The van der Waals surface area contributed by atoms with E-state index < -0.39 is 0 Å². The third-order valence-electron chi connectivity index (χ3n) is 4.26. The maximum atomic E-state index is 12.3. The van der Waals surface area contributed by atoms with Gasteiger partial charge in [0.05, 0.1) is 0 Å². The zero-order valence-corrected chi connectivity index (χ0v) is 12.4. The van der Waals surface area contributed by atoms with Gasteiger partial charge >= 0.3 is 0 Å². The van der Waals surface area contributed by atoms with E-state index in [1.54, 1.807) is 0 Å². The number of piperidine rings is 1. The highest BCUT2D eigenvalue weighted by atomic mass is 16.2. The summed E-state index contributed by atoms with van der Waals surface area (Å²) < 4.78 is 0. The molecule has 1 amide bonds. The second-order valence-electron chi connectivity index (χ2n) is 6.35. The fourth-order valence-corrected chi connectivity index (χ4v) is 2.86. The Kier molecular flexibility index (Phi) is 6.13. The van der Waals surface area contributed by atoms with E-state index in [0.717, 1.165) is 25.8 Å². The summed E-state index contributed by atoms with van der Waals surface area (Å²) in [6, 6.07) is 0.490. The van der Waals surface area contributed by atoms with Crippen molar-refractivity contribution in [2.24, 2.45) is 11.1 Å². The van der Waals surface area contributed by atoms with E-state index >= 15 is 0 Å². The lowest BCUT2D eigenvalue weighted by Crippen LogP contribution is -2.43. The summed E-state index contributed by atoms with van der Waals surface area (Å²) in [5.41, 5.74) is 5.81. The Balaban J connectivity index is 2.44. The number of hydrogen-bond donors (Lipinski definition) is 1. The van der Waals surface area contributed by atoms with Crippen LogP contribution in [0.1, 0.15) is 65.7 Å². The van der Waals surface area contributed by atoms with Gasteiger partial charge in [-0.1, -0.05) is 20.8 Å². The average molecular weight is 254 g/mol. The number of hydrogen-bond acceptors (Lipinski definition) is 2. The lowest BCUT2D eigenvalue weighted by atomic mass is 9.84. The molecule has 18 heavy (non-hydrogen) atoms. The Morgan fingerprint density at radius 3 is 2.67 bits per heavy atom. The molecule has 0 bridgehead atoms. The van der Waals surface area contributed by atoms with Crippen LogP contribution in [0.3, 0.4) is 0 Å². The van der Waals surface area contributed by atoms with Gasteiger partial charge in [0, 0.05) is 19.0 Å². The van der Waals surface area contributed by atoms with Crippen LogP contribution in [0.2, 0.25) is 0 Å². The number of rotatable bonds is 6. The number of amides is 1. The minimum absolute atomic E-state index is 0.196. The molecule has 1 atom stereocenters. The summed E-state index contributed by atoms with van der Waals surface area (Å²) >= 11 is 0. The maximum Gasteiger partial charge on any atom is 0.222 e. The largest absolute Gasteiger partial charge is 0.340 e. The first-order chi connectivity index (χ1) is 8.50. The zero-order valence-electron chi connectivity index (χ0n) is 12.4. The van der Waals surface area contributed by atoms with Gasteiger partial charge in [-0.15, -0.1) is 0 Å². The molecule has 1 aliphatic heterocycles. The third-order valence-corrected chi connectivity index (χ3v) is 4.26. The molecule has 0 aromatic heterocycles. The molecule has 0 aliphatic carbocycles. The molecule has 1 aliphatic rings. The SMILES string of the molecule is CCC1CCCCN1C(=O)CCC(C)(C)CCN. The molecule has 0 radical (unpaired) electrons. The number of carbonyl (C=O) groups is 1. The minimum atomic E-state index is 0.196. The van der Waals surface area contributed by atoms with Crippen LogP contribution in [0.4, 0.5) is 0 Å². The summed E-state index contributed by atoms with van der Waals surface area (Å²) in [6.45, 7) is 8.28. The summed E-state index contributed by atoms with van der Waals surface area (Å²) in [5.74, 6) is 0.353. The highest BCUT2D eigenvalue weighted by molar-refractivity contribution is 5.76.